The van der Waals surface area contributed by atoms with E-state index in [2.05, 4.69) is 25.9 Å². The molecule has 1 unspecified atom stereocenters. The Morgan fingerprint density at radius 2 is 2.25 bits per heavy atom. The Morgan fingerprint density at radius 1 is 1.45 bits per heavy atom. The van der Waals surface area contributed by atoms with Gasteiger partial charge in [0.05, 0.1) is 10.8 Å². The fourth-order valence-electron chi connectivity index (χ4n) is 1.94. The molecule has 3 nitrogen and oxygen atoms in total. The van der Waals surface area contributed by atoms with Gasteiger partial charge in [-0.05, 0) is 28.4 Å². The van der Waals surface area contributed by atoms with Crippen LogP contribution in [-0.2, 0) is 0 Å². The summed E-state index contributed by atoms with van der Waals surface area (Å²) in [5, 5.41) is 4.37. The van der Waals surface area contributed by atoms with Gasteiger partial charge in [-0.3, -0.25) is 4.79 Å². The van der Waals surface area contributed by atoms with Gasteiger partial charge in [-0.2, -0.15) is 0 Å². The Bertz CT molecular complexity index is 823. The molecule has 0 radical (unpaired) electrons. The second kappa shape index (κ2) is 5.60. The molecule has 1 N–H and O–H groups in total. The lowest BCUT2D eigenvalue weighted by atomic mass is 10.2. The Morgan fingerprint density at radius 3 is 2.90 bits per heavy atom. The van der Waals surface area contributed by atoms with Crippen molar-refractivity contribution in [3.05, 3.63) is 37.5 Å². The molecule has 3 heterocycles. The number of aromatic nitrogens is 2. The molecule has 0 aliphatic rings. The van der Waals surface area contributed by atoms with E-state index in [4.69, 9.17) is 11.6 Å². The summed E-state index contributed by atoms with van der Waals surface area (Å²) in [6.07, 6.45) is 0.728. The number of hydrogen-bond acceptors (Lipinski definition) is 4. The summed E-state index contributed by atoms with van der Waals surface area (Å²) in [4.78, 5) is 21.4. The molecule has 20 heavy (non-hydrogen) atoms. The third kappa shape index (κ3) is 2.45. The molecule has 0 fully saturated rings. The summed E-state index contributed by atoms with van der Waals surface area (Å²) in [6.45, 7) is 1.96. The van der Waals surface area contributed by atoms with Gasteiger partial charge in [-0.25, -0.2) is 4.98 Å². The number of thiophene rings is 2. The average molecular weight is 390 g/mol. The van der Waals surface area contributed by atoms with Crippen molar-refractivity contribution in [2.45, 2.75) is 18.7 Å². The first kappa shape index (κ1) is 14.3. The monoisotopic (exact) mass is 388 g/mol. The zero-order chi connectivity index (χ0) is 14.3. The van der Waals surface area contributed by atoms with Gasteiger partial charge in [-0.1, -0.05) is 6.92 Å². The molecular weight excluding hydrogens is 380 g/mol. The van der Waals surface area contributed by atoms with Gasteiger partial charge in [0.15, 0.2) is 0 Å². The van der Waals surface area contributed by atoms with Crippen LogP contribution < -0.4 is 5.56 Å². The number of alkyl halides is 1. The van der Waals surface area contributed by atoms with Crippen LogP contribution in [0, 0.1) is 0 Å². The maximum absolute atomic E-state index is 12.3. The van der Waals surface area contributed by atoms with E-state index in [0.717, 1.165) is 26.2 Å². The standard InChI is InChI=1S/C13H10BrClN2OS2/c1-2-8(15)11-16-12(18)10-7(5-20-13(10)17-11)9-3-6(14)4-19-9/h3-5,8H,2H2,1H3,(H,16,17,18). The summed E-state index contributed by atoms with van der Waals surface area (Å²) in [5.41, 5.74) is 0.813. The summed E-state index contributed by atoms with van der Waals surface area (Å²) in [6, 6.07) is 2.01. The van der Waals surface area contributed by atoms with Crippen molar-refractivity contribution < 1.29 is 0 Å². The van der Waals surface area contributed by atoms with Crippen molar-refractivity contribution >= 4 is 60.4 Å². The number of nitrogens with one attached hydrogen (secondary N) is 1. The van der Waals surface area contributed by atoms with Gasteiger partial charge in [0, 0.05) is 25.7 Å². The SMILES string of the molecule is CCC(Cl)c1nc2scc(-c3cc(Br)cs3)c2c(=O)[nH]1. The largest absolute Gasteiger partial charge is 0.309 e. The van der Waals surface area contributed by atoms with Gasteiger partial charge < -0.3 is 4.98 Å². The van der Waals surface area contributed by atoms with E-state index >= 15 is 0 Å². The first-order valence-electron chi connectivity index (χ1n) is 6.00. The average Bonchev–Trinajstić information content (AvgIpc) is 3.03. The van der Waals surface area contributed by atoms with E-state index in [9.17, 15) is 4.79 Å². The lowest BCUT2D eigenvalue weighted by Crippen LogP contribution is -2.12. The van der Waals surface area contributed by atoms with Crippen molar-refractivity contribution in [1.29, 1.82) is 0 Å². The molecule has 7 heteroatoms. The maximum Gasteiger partial charge on any atom is 0.260 e. The summed E-state index contributed by atoms with van der Waals surface area (Å²) >= 11 is 12.7. The molecule has 0 bridgehead atoms. The number of H-pyrrole nitrogens is 1. The van der Waals surface area contributed by atoms with Crippen LogP contribution in [0.25, 0.3) is 20.7 Å². The van der Waals surface area contributed by atoms with Crippen molar-refractivity contribution in [2.75, 3.05) is 0 Å². The fourth-order valence-corrected chi connectivity index (χ4v) is 4.52. The third-order valence-corrected chi connectivity index (χ3v) is 6.06. The van der Waals surface area contributed by atoms with E-state index in [1.165, 1.54) is 11.3 Å². The zero-order valence-corrected chi connectivity index (χ0v) is 14.4. The first-order valence-corrected chi connectivity index (χ1v) is 8.99. The highest BCUT2D eigenvalue weighted by Gasteiger charge is 2.16. The van der Waals surface area contributed by atoms with Gasteiger partial charge in [-0.15, -0.1) is 34.3 Å². The molecule has 0 aromatic carbocycles. The third-order valence-electron chi connectivity index (χ3n) is 2.95. The molecule has 0 spiro atoms. The molecule has 3 aromatic rings. The highest BCUT2D eigenvalue weighted by atomic mass is 79.9. The van der Waals surface area contributed by atoms with Crippen LogP contribution in [0.5, 0.6) is 0 Å². The molecule has 0 aliphatic heterocycles. The summed E-state index contributed by atoms with van der Waals surface area (Å²) in [5.74, 6) is 0.549. The van der Waals surface area contributed by atoms with Crippen LogP contribution >= 0.6 is 50.2 Å². The van der Waals surface area contributed by atoms with E-state index in [-0.39, 0.29) is 10.9 Å². The van der Waals surface area contributed by atoms with Crippen molar-refractivity contribution in [3.63, 3.8) is 0 Å². The Labute approximate surface area is 136 Å². The predicted octanol–water partition coefficient (Wildman–Crippen LogP) is 5.17. The molecule has 1 atom stereocenters. The maximum atomic E-state index is 12.3. The van der Waals surface area contributed by atoms with Crippen molar-refractivity contribution in [3.8, 4) is 10.4 Å². The Balaban J connectivity index is 2.21. The Kier molecular flexibility index (Phi) is 3.99. The molecule has 3 aromatic heterocycles. The van der Waals surface area contributed by atoms with Gasteiger partial charge in [0.25, 0.3) is 5.56 Å². The molecule has 0 saturated heterocycles. The summed E-state index contributed by atoms with van der Waals surface area (Å²) in [7, 11) is 0. The number of nitrogens with zero attached hydrogens (tertiary/aromatic N) is 1. The fraction of sp³-hybridized carbons (Fsp3) is 0.231. The van der Waals surface area contributed by atoms with Gasteiger partial charge >= 0.3 is 0 Å². The zero-order valence-electron chi connectivity index (χ0n) is 10.4. The number of aromatic amines is 1. The number of fused-ring (bicyclic) bond motifs is 1. The van der Waals surface area contributed by atoms with Crippen molar-refractivity contribution in [1.82, 2.24) is 9.97 Å². The number of rotatable bonds is 3. The Hall–Kier alpha value is -0.690. The molecule has 3 rings (SSSR count). The van der Waals surface area contributed by atoms with Gasteiger partial charge in [0.1, 0.15) is 10.7 Å². The number of halogens is 2. The lowest BCUT2D eigenvalue weighted by Gasteiger charge is -2.05. The predicted molar refractivity (Wildman–Crippen MR) is 90.1 cm³/mol. The first-order chi connectivity index (χ1) is 9.60. The van der Waals surface area contributed by atoms with Crippen LogP contribution in [0.15, 0.2) is 26.1 Å². The minimum Gasteiger partial charge on any atom is -0.309 e. The van der Waals surface area contributed by atoms with Crippen LogP contribution in [0.3, 0.4) is 0 Å². The number of hydrogen-bond donors (Lipinski definition) is 1. The smallest absolute Gasteiger partial charge is 0.260 e. The van der Waals surface area contributed by atoms with Crippen molar-refractivity contribution in [2.24, 2.45) is 0 Å². The normalized spacial score (nSPS) is 12.9. The van der Waals surface area contributed by atoms with Crippen LogP contribution in [0.1, 0.15) is 24.5 Å². The van der Waals surface area contributed by atoms with Crippen LogP contribution in [0.4, 0.5) is 0 Å². The topological polar surface area (TPSA) is 45.8 Å². The lowest BCUT2D eigenvalue weighted by molar-refractivity contribution is 0.807. The highest BCUT2D eigenvalue weighted by molar-refractivity contribution is 9.10. The van der Waals surface area contributed by atoms with E-state index in [1.54, 1.807) is 11.3 Å². The van der Waals surface area contributed by atoms with E-state index in [1.807, 2.05) is 23.8 Å². The second-order valence-electron chi connectivity index (χ2n) is 4.29. The second-order valence-corrected chi connectivity index (χ2v) is 7.50. The minimum atomic E-state index is -0.256. The molecule has 0 amide bonds. The quantitative estimate of drug-likeness (QED) is 0.628. The van der Waals surface area contributed by atoms with E-state index < -0.39 is 0 Å². The summed E-state index contributed by atoms with van der Waals surface area (Å²) < 4.78 is 1.02. The van der Waals surface area contributed by atoms with Gasteiger partial charge in [0.2, 0.25) is 0 Å². The molecule has 104 valence electrons. The van der Waals surface area contributed by atoms with Crippen LogP contribution in [-0.4, -0.2) is 9.97 Å². The molecule has 0 aliphatic carbocycles. The van der Waals surface area contributed by atoms with E-state index in [0.29, 0.717) is 11.2 Å². The minimum absolute atomic E-state index is 0.120. The molecule has 0 saturated carbocycles. The highest BCUT2D eigenvalue weighted by Crippen LogP contribution is 2.36. The molecular formula is C13H10BrClN2OS2. The van der Waals surface area contributed by atoms with Crippen LogP contribution in [0.2, 0.25) is 0 Å².